The lowest BCUT2D eigenvalue weighted by Crippen LogP contribution is -2.02. The van der Waals surface area contributed by atoms with Crippen molar-refractivity contribution in [2.24, 2.45) is 0 Å². The predicted molar refractivity (Wildman–Crippen MR) is 78.2 cm³/mol. The van der Waals surface area contributed by atoms with Gasteiger partial charge >= 0.3 is 0 Å². The summed E-state index contributed by atoms with van der Waals surface area (Å²) in [6.07, 6.45) is 0. The molecule has 0 spiro atoms. The molecule has 0 fully saturated rings. The van der Waals surface area contributed by atoms with E-state index >= 15 is 0 Å². The first-order valence-corrected chi connectivity index (χ1v) is 6.18. The molecule has 1 heterocycles. The highest BCUT2D eigenvalue weighted by atomic mass is 16.5. The summed E-state index contributed by atoms with van der Waals surface area (Å²) in [4.78, 5) is 15.3. The van der Waals surface area contributed by atoms with Gasteiger partial charge in [-0.25, -0.2) is 0 Å². The van der Waals surface area contributed by atoms with Gasteiger partial charge in [0.05, 0.1) is 7.11 Å². The molecule has 3 rings (SSSR count). The number of aromatic hydroxyl groups is 1. The standard InChI is InChI=1S/C16H13NO3/c1-20-12-5-2-10(3-6-12)15-9-16(19)13-8-11(18)4-7-14(13)17-15/h2-9,18H,1H3,(H,17,19). The van der Waals surface area contributed by atoms with Crippen molar-refractivity contribution in [1.29, 1.82) is 0 Å². The van der Waals surface area contributed by atoms with E-state index in [-0.39, 0.29) is 11.2 Å². The maximum atomic E-state index is 12.1. The summed E-state index contributed by atoms with van der Waals surface area (Å²) in [6.45, 7) is 0. The molecule has 20 heavy (non-hydrogen) atoms. The summed E-state index contributed by atoms with van der Waals surface area (Å²) < 4.78 is 5.11. The van der Waals surface area contributed by atoms with Crippen LogP contribution < -0.4 is 10.2 Å². The van der Waals surface area contributed by atoms with E-state index in [1.54, 1.807) is 19.2 Å². The van der Waals surface area contributed by atoms with E-state index in [1.807, 2.05) is 24.3 Å². The van der Waals surface area contributed by atoms with E-state index in [1.165, 1.54) is 12.1 Å². The maximum absolute atomic E-state index is 12.1. The first-order chi connectivity index (χ1) is 9.67. The minimum Gasteiger partial charge on any atom is -0.508 e. The zero-order chi connectivity index (χ0) is 14.1. The predicted octanol–water partition coefficient (Wildman–Crippen LogP) is 2.91. The number of hydrogen-bond acceptors (Lipinski definition) is 3. The summed E-state index contributed by atoms with van der Waals surface area (Å²) in [5, 5.41) is 9.91. The van der Waals surface area contributed by atoms with Gasteiger partial charge in [-0.15, -0.1) is 0 Å². The van der Waals surface area contributed by atoms with E-state index in [9.17, 15) is 9.90 Å². The van der Waals surface area contributed by atoms with Crippen LogP contribution in [0.3, 0.4) is 0 Å². The Bertz CT molecular complexity index is 819. The van der Waals surface area contributed by atoms with Crippen LogP contribution in [0.1, 0.15) is 0 Å². The molecule has 2 aromatic carbocycles. The van der Waals surface area contributed by atoms with E-state index in [2.05, 4.69) is 4.98 Å². The minimum atomic E-state index is -0.125. The molecule has 0 bridgehead atoms. The zero-order valence-corrected chi connectivity index (χ0v) is 10.9. The average Bonchev–Trinajstić information content (AvgIpc) is 2.48. The molecule has 4 nitrogen and oxygen atoms in total. The quantitative estimate of drug-likeness (QED) is 0.750. The number of aromatic nitrogens is 1. The molecule has 4 heteroatoms. The highest BCUT2D eigenvalue weighted by Crippen LogP contribution is 2.22. The largest absolute Gasteiger partial charge is 0.508 e. The first kappa shape index (κ1) is 12.3. The van der Waals surface area contributed by atoms with Crippen LogP contribution >= 0.6 is 0 Å². The highest BCUT2D eigenvalue weighted by Gasteiger charge is 2.05. The van der Waals surface area contributed by atoms with Crippen LogP contribution in [0.2, 0.25) is 0 Å². The minimum absolute atomic E-state index is 0.0835. The highest BCUT2D eigenvalue weighted by molar-refractivity contribution is 5.82. The van der Waals surface area contributed by atoms with Crippen LogP contribution in [-0.4, -0.2) is 17.2 Å². The van der Waals surface area contributed by atoms with Gasteiger partial charge in [0.15, 0.2) is 5.43 Å². The fraction of sp³-hybridized carbons (Fsp3) is 0.0625. The van der Waals surface area contributed by atoms with Gasteiger partial charge in [-0.3, -0.25) is 4.79 Å². The molecule has 0 saturated carbocycles. The molecule has 0 aliphatic heterocycles. The number of ether oxygens (including phenoxy) is 1. The maximum Gasteiger partial charge on any atom is 0.190 e. The normalized spacial score (nSPS) is 10.7. The molecule has 0 unspecified atom stereocenters. The third-order valence-electron chi connectivity index (χ3n) is 3.21. The number of aromatic amines is 1. The SMILES string of the molecule is COc1ccc(-c2cc(=O)c3cc(O)ccc3[nH]2)cc1. The molecule has 3 aromatic rings. The van der Waals surface area contributed by atoms with Crippen LogP contribution in [0.5, 0.6) is 11.5 Å². The lowest BCUT2D eigenvalue weighted by molar-refractivity contribution is 0.415. The number of phenols is 1. The van der Waals surface area contributed by atoms with Crippen molar-refractivity contribution in [2.75, 3.05) is 7.11 Å². The van der Waals surface area contributed by atoms with Gasteiger partial charge in [-0.2, -0.15) is 0 Å². The number of methoxy groups -OCH3 is 1. The van der Waals surface area contributed by atoms with Crippen LogP contribution in [0.4, 0.5) is 0 Å². The lowest BCUT2D eigenvalue weighted by atomic mass is 10.1. The smallest absolute Gasteiger partial charge is 0.190 e. The summed E-state index contributed by atoms with van der Waals surface area (Å²) in [6, 6.07) is 13.7. The van der Waals surface area contributed by atoms with Crippen molar-refractivity contribution in [2.45, 2.75) is 0 Å². The number of benzene rings is 2. The van der Waals surface area contributed by atoms with Gasteiger partial charge < -0.3 is 14.8 Å². The second kappa shape index (κ2) is 4.74. The third-order valence-corrected chi connectivity index (χ3v) is 3.21. The topological polar surface area (TPSA) is 62.3 Å². The fourth-order valence-electron chi connectivity index (χ4n) is 2.16. The summed E-state index contributed by atoms with van der Waals surface area (Å²) in [5.74, 6) is 0.849. The second-order valence-corrected chi connectivity index (χ2v) is 4.51. The van der Waals surface area contributed by atoms with Gasteiger partial charge in [0.1, 0.15) is 11.5 Å². The molecule has 0 aliphatic rings. The first-order valence-electron chi connectivity index (χ1n) is 6.18. The summed E-state index contributed by atoms with van der Waals surface area (Å²) in [5.41, 5.74) is 2.20. The Morgan fingerprint density at radius 3 is 2.50 bits per heavy atom. The van der Waals surface area contributed by atoms with Gasteiger partial charge in [-0.1, -0.05) is 0 Å². The molecule has 0 atom stereocenters. The van der Waals surface area contributed by atoms with Gasteiger partial charge in [0.2, 0.25) is 0 Å². The van der Waals surface area contributed by atoms with Crippen molar-refractivity contribution >= 4 is 10.9 Å². The zero-order valence-electron chi connectivity index (χ0n) is 10.9. The fourth-order valence-corrected chi connectivity index (χ4v) is 2.16. The number of hydrogen-bond donors (Lipinski definition) is 2. The van der Waals surface area contributed by atoms with Crippen LogP contribution in [-0.2, 0) is 0 Å². The molecular formula is C16H13NO3. The van der Waals surface area contributed by atoms with Gasteiger partial charge in [0, 0.05) is 22.7 Å². The van der Waals surface area contributed by atoms with Crippen molar-refractivity contribution in [1.82, 2.24) is 4.98 Å². The van der Waals surface area contributed by atoms with Gasteiger partial charge in [-0.05, 0) is 48.0 Å². The Hall–Kier alpha value is -2.75. The molecule has 0 amide bonds. The van der Waals surface area contributed by atoms with E-state index in [0.29, 0.717) is 10.9 Å². The number of pyridine rings is 1. The van der Waals surface area contributed by atoms with Crippen LogP contribution in [0.25, 0.3) is 22.2 Å². The molecule has 0 aliphatic carbocycles. The van der Waals surface area contributed by atoms with Crippen LogP contribution in [0, 0.1) is 0 Å². The monoisotopic (exact) mass is 267 g/mol. The molecule has 2 N–H and O–H groups in total. The molecule has 100 valence electrons. The van der Waals surface area contributed by atoms with E-state index in [4.69, 9.17) is 4.74 Å². The van der Waals surface area contributed by atoms with Crippen molar-refractivity contribution in [3.63, 3.8) is 0 Å². The summed E-state index contributed by atoms with van der Waals surface area (Å²) in [7, 11) is 1.61. The Morgan fingerprint density at radius 1 is 1.05 bits per heavy atom. The Morgan fingerprint density at radius 2 is 1.80 bits per heavy atom. The second-order valence-electron chi connectivity index (χ2n) is 4.51. The number of fused-ring (bicyclic) bond motifs is 1. The Labute approximate surface area is 115 Å². The van der Waals surface area contributed by atoms with Gasteiger partial charge in [0.25, 0.3) is 0 Å². The molecular weight excluding hydrogens is 254 g/mol. The molecule has 1 aromatic heterocycles. The summed E-state index contributed by atoms with van der Waals surface area (Å²) >= 11 is 0. The number of phenolic OH excluding ortho intramolecular Hbond substituents is 1. The Balaban J connectivity index is 2.16. The van der Waals surface area contributed by atoms with E-state index in [0.717, 1.165) is 17.0 Å². The van der Waals surface area contributed by atoms with Crippen LogP contribution in [0.15, 0.2) is 53.3 Å². The molecule has 0 saturated heterocycles. The van der Waals surface area contributed by atoms with E-state index < -0.39 is 0 Å². The lowest BCUT2D eigenvalue weighted by Gasteiger charge is -2.06. The van der Waals surface area contributed by atoms with Crippen molar-refractivity contribution in [3.05, 3.63) is 58.8 Å². The van der Waals surface area contributed by atoms with Crippen molar-refractivity contribution < 1.29 is 9.84 Å². The number of nitrogens with one attached hydrogen (secondary N) is 1. The molecule has 0 radical (unpaired) electrons. The number of rotatable bonds is 2. The number of H-pyrrole nitrogens is 1. The van der Waals surface area contributed by atoms with Crippen molar-refractivity contribution in [3.8, 4) is 22.8 Å². The third kappa shape index (κ3) is 2.12. The average molecular weight is 267 g/mol. The Kier molecular flexibility index (Phi) is 2.91.